The lowest BCUT2D eigenvalue weighted by Crippen LogP contribution is -2.04. The molecule has 302 valence electrons. The van der Waals surface area contributed by atoms with Crippen molar-refractivity contribution in [3.8, 4) is 33.9 Å². The number of rotatable bonds is 14. The fourth-order valence-electron chi connectivity index (χ4n) is 5.49. The normalized spacial score (nSPS) is 10.5. The van der Waals surface area contributed by atoms with Gasteiger partial charge in [0.25, 0.3) is 0 Å². The molecule has 0 bridgehead atoms. The average molecular weight is 802 g/mol. The van der Waals surface area contributed by atoms with Crippen LogP contribution in [-0.2, 0) is 22.7 Å². The molecule has 6 aromatic carbocycles. The van der Waals surface area contributed by atoms with E-state index in [-0.39, 0.29) is 18.2 Å². The largest absolute Gasteiger partial charge is 0.489 e. The van der Waals surface area contributed by atoms with Crippen LogP contribution in [0.4, 0.5) is 0 Å². The quantitative estimate of drug-likeness (QED) is 0.0477. The van der Waals surface area contributed by atoms with E-state index < -0.39 is 10.9 Å². The number of benzene rings is 6. The van der Waals surface area contributed by atoms with Crippen LogP contribution in [0, 0.1) is 10.1 Å². The summed E-state index contributed by atoms with van der Waals surface area (Å²) in [5, 5.41) is 19.8. The molecule has 0 radical (unpaired) electrons. The average Bonchev–Trinajstić information content (AvgIpc) is 3.76. The Bertz CT molecular complexity index is 2430. The van der Waals surface area contributed by atoms with Crippen molar-refractivity contribution < 1.29 is 33.8 Å². The number of carboxylic acid groups (broad SMARTS) is 1. The number of methoxy groups -OCH3 is 1. The number of aliphatic imine (C=N–C) groups is 1. The Kier molecular flexibility index (Phi) is 16.7. The zero-order valence-corrected chi connectivity index (χ0v) is 32.8. The maximum Gasteiger partial charge on any atom is 0.352 e. The van der Waals surface area contributed by atoms with Gasteiger partial charge in [0.15, 0.2) is 0 Å². The van der Waals surface area contributed by atoms with E-state index in [0.29, 0.717) is 18.8 Å². The van der Waals surface area contributed by atoms with Gasteiger partial charge >= 0.3 is 11.9 Å². The summed E-state index contributed by atoms with van der Waals surface area (Å²) >= 11 is 0. The zero-order valence-electron chi connectivity index (χ0n) is 32.8. The third-order valence-electron chi connectivity index (χ3n) is 8.54. The molecule has 11 heteroatoms. The van der Waals surface area contributed by atoms with Gasteiger partial charge in [-0.05, 0) is 63.7 Å². The Morgan fingerprint density at radius 1 is 0.667 bits per heavy atom. The minimum absolute atomic E-state index is 0.0748. The van der Waals surface area contributed by atoms with E-state index in [4.69, 9.17) is 9.47 Å². The van der Waals surface area contributed by atoms with Gasteiger partial charge in [-0.15, -0.1) is 0 Å². The van der Waals surface area contributed by atoms with Crippen LogP contribution in [0.1, 0.15) is 32.7 Å². The number of aromatic nitrogens is 1. The minimum atomic E-state index is -0.985. The van der Waals surface area contributed by atoms with Crippen molar-refractivity contribution in [1.82, 2.24) is 4.98 Å². The Balaban J connectivity index is 0.000000185. The van der Waals surface area contributed by atoms with Crippen LogP contribution < -0.4 is 9.47 Å². The van der Waals surface area contributed by atoms with E-state index in [1.807, 2.05) is 152 Å². The predicted octanol–water partition coefficient (Wildman–Crippen LogP) is 10.4. The Morgan fingerprint density at radius 2 is 1.17 bits per heavy atom. The van der Waals surface area contributed by atoms with Gasteiger partial charge in [0, 0.05) is 23.5 Å². The lowest BCUT2D eigenvalue weighted by molar-refractivity contribution is -0.400. The number of nitrogens with zero attached hydrogens (tertiary/aromatic N) is 2. The second-order valence-corrected chi connectivity index (χ2v) is 12.8. The molecule has 1 aromatic heterocycles. The highest BCUT2D eigenvalue weighted by atomic mass is 16.6. The van der Waals surface area contributed by atoms with Gasteiger partial charge in [-0.1, -0.05) is 146 Å². The van der Waals surface area contributed by atoms with E-state index in [1.165, 1.54) is 13.2 Å². The topological polar surface area (TPSA) is 153 Å². The molecular weight excluding hydrogens is 759 g/mol. The lowest BCUT2D eigenvalue weighted by atomic mass is 10.0. The first-order valence-corrected chi connectivity index (χ1v) is 18.8. The van der Waals surface area contributed by atoms with Gasteiger partial charge < -0.3 is 24.3 Å². The molecule has 7 rings (SSSR count). The Labute approximate surface area is 348 Å². The summed E-state index contributed by atoms with van der Waals surface area (Å²) in [6, 6.07) is 55.6. The molecule has 0 saturated carbocycles. The van der Waals surface area contributed by atoms with Crippen molar-refractivity contribution in [2.24, 2.45) is 4.99 Å². The maximum absolute atomic E-state index is 11.7. The molecule has 0 saturated heterocycles. The summed E-state index contributed by atoms with van der Waals surface area (Å²) in [4.78, 5) is 39.0. The van der Waals surface area contributed by atoms with Gasteiger partial charge in [0.05, 0.1) is 12.0 Å². The van der Waals surface area contributed by atoms with Gasteiger partial charge in [-0.3, -0.25) is 19.9 Å². The van der Waals surface area contributed by atoms with E-state index >= 15 is 0 Å². The molecule has 7 aromatic rings. The number of aromatic carboxylic acids is 1. The third kappa shape index (κ3) is 14.5. The maximum atomic E-state index is 11.7. The number of hydrogen-bond acceptors (Lipinski definition) is 8. The van der Waals surface area contributed by atoms with Crippen LogP contribution in [0.2, 0.25) is 0 Å². The molecule has 11 nitrogen and oxygen atoms in total. The highest BCUT2D eigenvalue weighted by Gasteiger charge is 2.17. The minimum Gasteiger partial charge on any atom is -0.489 e. The number of hydrogen-bond donors (Lipinski definition) is 2. The van der Waals surface area contributed by atoms with E-state index in [1.54, 1.807) is 30.5 Å². The number of nitrogens with one attached hydrogen (secondary N) is 1. The predicted molar refractivity (Wildman–Crippen MR) is 234 cm³/mol. The molecule has 0 atom stereocenters. The molecule has 0 unspecified atom stereocenters. The molecular formula is C49H43N3O8. The number of carbonyl (C=O) groups is 2. The van der Waals surface area contributed by atoms with Gasteiger partial charge in [-0.2, -0.15) is 0 Å². The monoisotopic (exact) mass is 801 g/mol. The van der Waals surface area contributed by atoms with E-state index in [2.05, 4.69) is 14.7 Å². The highest BCUT2D eigenvalue weighted by Crippen LogP contribution is 2.31. The number of H-pyrrole nitrogens is 1. The standard InChI is InChI=1S/C24H19NO3.C15H13NO3.C10H11NO2/c26-24(27)23-21(15-22(25-23)19-9-5-2-6-10-19)18-11-13-20(14-12-18)28-16-17-7-3-1-4-8-17;17-16(18)11-10-13-6-8-15(9-7-13)19-12-14-4-2-1-3-5-14;1-13-10(12)8-11-7-9-5-3-2-4-6-9/h1-15,25H,16H2,(H,26,27);1-11H,12H2;2-7H,8H2,1H3/b;11-10+;. The van der Waals surface area contributed by atoms with Crippen molar-refractivity contribution in [3.63, 3.8) is 0 Å². The summed E-state index contributed by atoms with van der Waals surface area (Å²) < 4.78 is 15.9. The Hall–Kier alpha value is -8.05. The van der Waals surface area contributed by atoms with Crippen LogP contribution in [0.25, 0.3) is 28.5 Å². The SMILES string of the molecule is COC(=O)CN=Cc1ccccc1.O=C(O)c1[nH]c(-c2ccccc2)cc1-c1ccc(OCc2ccccc2)cc1.O=[N+]([O-])/C=C/c1ccc(OCc2ccccc2)cc1. The molecule has 0 aliphatic heterocycles. The molecule has 0 amide bonds. The number of ether oxygens (including phenoxy) is 3. The van der Waals surface area contributed by atoms with Crippen LogP contribution in [0.3, 0.4) is 0 Å². The van der Waals surface area contributed by atoms with Gasteiger partial charge in [-0.25, -0.2) is 4.79 Å². The summed E-state index contributed by atoms with van der Waals surface area (Å²) in [6.45, 7) is 1.07. The third-order valence-corrected chi connectivity index (χ3v) is 8.54. The molecule has 60 heavy (non-hydrogen) atoms. The first-order chi connectivity index (χ1) is 29.3. The van der Waals surface area contributed by atoms with Crippen molar-refractivity contribution in [2.75, 3.05) is 13.7 Å². The first kappa shape index (κ1) is 43.1. The van der Waals surface area contributed by atoms with Crippen molar-refractivity contribution in [1.29, 1.82) is 0 Å². The summed E-state index contributed by atoms with van der Waals surface area (Å²) in [6.07, 6.45) is 4.01. The summed E-state index contributed by atoms with van der Waals surface area (Å²) in [7, 11) is 1.35. The van der Waals surface area contributed by atoms with Crippen LogP contribution in [-0.4, -0.2) is 46.8 Å². The zero-order chi connectivity index (χ0) is 42.4. The fourth-order valence-corrected chi connectivity index (χ4v) is 5.49. The lowest BCUT2D eigenvalue weighted by Gasteiger charge is -2.07. The van der Waals surface area contributed by atoms with Crippen molar-refractivity contribution in [3.05, 3.63) is 220 Å². The molecule has 0 aliphatic carbocycles. The van der Waals surface area contributed by atoms with Crippen LogP contribution in [0.5, 0.6) is 11.5 Å². The van der Waals surface area contributed by atoms with E-state index in [0.717, 1.165) is 56.8 Å². The number of esters is 1. The van der Waals surface area contributed by atoms with Crippen LogP contribution >= 0.6 is 0 Å². The molecule has 2 N–H and O–H groups in total. The molecule has 0 fully saturated rings. The fraction of sp³-hybridized carbons (Fsp3) is 0.0816. The second kappa shape index (κ2) is 23.2. The van der Waals surface area contributed by atoms with Crippen molar-refractivity contribution in [2.45, 2.75) is 13.2 Å². The van der Waals surface area contributed by atoms with Gasteiger partial charge in [0.1, 0.15) is 37.0 Å². The van der Waals surface area contributed by atoms with E-state index in [9.17, 15) is 24.8 Å². The molecule has 0 aliphatic rings. The number of carboxylic acids is 1. The summed E-state index contributed by atoms with van der Waals surface area (Å²) in [5.41, 5.74) is 7.31. The molecule has 1 heterocycles. The summed E-state index contributed by atoms with van der Waals surface area (Å²) in [5.74, 6) is 0.166. The number of carbonyl (C=O) groups excluding carboxylic acids is 1. The van der Waals surface area contributed by atoms with Crippen LogP contribution in [0.15, 0.2) is 187 Å². The van der Waals surface area contributed by atoms with Crippen molar-refractivity contribution >= 4 is 24.2 Å². The molecule has 0 spiro atoms. The first-order valence-electron chi connectivity index (χ1n) is 18.8. The number of aromatic amines is 1. The van der Waals surface area contributed by atoms with Gasteiger partial charge in [0.2, 0.25) is 6.20 Å². The number of nitro groups is 1. The highest BCUT2D eigenvalue weighted by molar-refractivity contribution is 5.96. The Morgan fingerprint density at radius 3 is 1.67 bits per heavy atom. The smallest absolute Gasteiger partial charge is 0.352 e. The second-order valence-electron chi connectivity index (χ2n) is 12.8.